The van der Waals surface area contributed by atoms with Gasteiger partial charge in [0.15, 0.2) is 0 Å². The van der Waals surface area contributed by atoms with Crippen molar-refractivity contribution < 1.29 is 31.1 Å². The number of carbonyl (C=O) groups excluding carboxylic acids is 1. The highest BCUT2D eigenvalue weighted by atomic mass is 32.2. The van der Waals surface area contributed by atoms with Crippen molar-refractivity contribution in [2.75, 3.05) is 0 Å². The van der Waals surface area contributed by atoms with E-state index in [1.807, 2.05) is 4.72 Å². The van der Waals surface area contributed by atoms with E-state index in [2.05, 4.69) is 0 Å². The van der Waals surface area contributed by atoms with E-state index in [4.69, 9.17) is 4.74 Å². The summed E-state index contributed by atoms with van der Waals surface area (Å²) in [5, 5.41) is 0. The minimum atomic E-state index is -5.41. The number of esters is 1. The van der Waals surface area contributed by atoms with Gasteiger partial charge in [0.2, 0.25) is 0 Å². The van der Waals surface area contributed by atoms with Crippen LogP contribution in [-0.4, -0.2) is 31.0 Å². The largest absolute Gasteiger partial charge is 0.511 e. The van der Waals surface area contributed by atoms with E-state index in [1.165, 1.54) is 6.92 Å². The zero-order valence-corrected chi connectivity index (χ0v) is 12.9. The van der Waals surface area contributed by atoms with Crippen LogP contribution < -0.4 is 4.72 Å². The molecule has 22 heavy (non-hydrogen) atoms. The van der Waals surface area contributed by atoms with Crippen LogP contribution in [-0.2, 0) is 19.6 Å². The molecule has 2 unspecified atom stereocenters. The lowest BCUT2D eigenvalue weighted by Crippen LogP contribution is -2.67. The van der Waals surface area contributed by atoms with Gasteiger partial charge in [0.25, 0.3) is 0 Å². The molecule has 0 spiro atoms. The lowest BCUT2D eigenvalue weighted by molar-refractivity contribution is -0.188. The molecule has 4 aliphatic rings. The van der Waals surface area contributed by atoms with Crippen LogP contribution in [0.1, 0.15) is 45.4 Å². The normalized spacial score (nSPS) is 40.7. The zero-order chi connectivity index (χ0) is 16.4. The second kappa shape index (κ2) is 4.59. The maximum absolute atomic E-state index is 12.7. The number of nitrogens with one attached hydrogen (secondary N) is 1. The summed E-state index contributed by atoms with van der Waals surface area (Å²) < 4.78 is 68.4. The van der Waals surface area contributed by atoms with Crippen LogP contribution in [0.15, 0.2) is 0 Å². The summed E-state index contributed by atoms with van der Waals surface area (Å²) in [6.45, 7) is 1.27. The summed E-state index contributed by atoms with van der Waals surface area (Å²) in [7, 11) is -5.41. The van der Waals surface area contributed by atoms with Crippen molar-refractivity contribution in [1.29, 1.82) is 0 Å². The van der Waals surface area contributed by atoms with Gasteiger partial charge in [-0.2, -0.15) is 13.2 Å². The van der Waals surface area contributed by atoms with Crippen LogP contribution in [0.5, 0.6) is 0 Å². The molecule has 0 saturated heterocycles. The maximum Gasteiger partial charge on any atom is 0.511 e. The number of hydrogen-bond donors (Lipinski definition) is 1. The van der Waals surface area contributed by atoms with Crippen molar-refractivity contribution in [1.82, 2.24) is 4.72 Å². The van der Waals surface area contributed by atoms with Crippen LogP contribution in [0.2, 0.25) is 0 Å². The summed E-state index contributed by atoms with van der Waals surface area (Å²) in [5.74, 6) is -0.288. The van der Waals surface area contributed by atoms with E-state index >= 15 is 0 Å². The second-order valence-electron chi connectivity index (χ2n) is 7.07. The predicted octanol–water partition coefficient (Wildman–Crippen LogP) is 2.08. The molecule has 0 aromatic carbocycles. The highest BCUT2D eigenvalue weighted by molar-refractivity contribution is 7.90. The van der Waals surface area contributed by atoms with Gasteiger partial charge in [-0.05, 0) is 43.9 Å². The molecule has 4 fully saturated rings. The molecule has 126 valence electrons. The third kappa shape index (κ3) is 2.62. The fourth-order valence-corrected chi connectivity index (χ4v) is 5.99. The smallest absolute Gasteiger partial charge is 0.459 e. The Morgan fingerprint density at radius 1 is 1.18 bits per heavy atom. The molecule has 0 aromatic heterocycles. The first-order valence-corrected chi connectivity index (χ1v) is 8.72. The fraction of sp³-hybridized carbons (Fsp3) is 0.923. The molecule has 0 aromatic rings. The molecule has 2 atom stereocenters. The number of hydrogen-bond acceptors (Lipinski definition) is 4. The molecule has 0 radical (unpaired) electrons. The quantitative estimate of drug-likeness (QED) is 0.798. The average Bonchev–Trinajstić information content (AvgIpc) is 2.20. The minimum absolute atomic E-state index is 0.0940. The highest BCUT2D eigenvalue weighted by Crippen LogP contribution is 2.59. The van der Waals surface area contributed by atoms with Crippen molar-refractivity contribution in [2.24, 2.45) is 11.8 Å². The molecular formula is C13H18F3NO4S. The molecule has 4 aliphatic carbocycles. The van der Waals surface area contributed by atoms with Crippen LogP contribution in [0, 0.1) is 11.8 Å². The Balaban J connectivity index is 1.90. The van der Waals surface area contributed by atoms with Gasteiger partial charge in [-0.1, -0.05) is 0 Å². The summed E-state index contributed by atoms with van der Waals surface area (Å²) in [4.78, 5) is 11.3. The molecule has 0 amide bonds. The lowest BCUT2D eigenvalue weighted by atomic mass is 9.51. The van der Waals surface area contributed by atoms with E-state index < -0.39 is 32.6 Å². The van der Waals surface area contributed by atoms with Crippen LogP contribution >= 0.6 is 0 Å². The molecule has 1 N–H and O–H groups in total. The second-order valence-corrected chi connectivity index (χ2v) is 8.74. The Labute approximate surface area is 126 Å². The molecule has 4 bridgehead atoms. The van der Waals surface area contributed by atoms with Gasteiger partial charge < -0.3 is 4.74 Å². The van der Waals surface area contributed by atoms with E-state index in [0.29, 0.717) is 25.7 Å². The van der Waals surface area contributed by atoms with Crippen molar-refractivity contribution in [3.8, 4) is 0 Å². The van der Waals surface area contributed by atoms with Crippen molar-refractivity contribution in [3.63, 3.8) is 0 Å². The monoisotopic (exact) mass is 341 g/mol. The first-order valence-electron chi connectivity index (χ1n) is 7.24. The third-order valence-corrected chi connectivity index (χ3v) is 6.33. The SMILES string of the molecule is CC(=O)OC12CC3CC(CC(NS(=O)(=O)C(F)(F)F)(C3)C1)C2. The number of ether oxygens (including phenoxy) is 1. The Morgan fingerprint density at radius 2 is 1.73 bits per heavy atom. The van der Waals surface area contributed by atoms with Crippen LogP contribution in [0.25, 0.3) is 0 Å². The van der Waals surface area contributed by atoms with Gasteiger partial charge in [0, 0.05) is 18.9 Å². The zero-order valence-electron chi connectivity index (χ0n) is 12.1. The summed E-state index contributed by atoms with van der Waals surface area (Å²) in [6.07, 6.45) is 2.96. The van der Waals surface area contributed by atoms with E-state index in [1.54, 1.807) is 0 Å². The number of rotatable bonds is 3. The van der Waals surface area contributed by atoms with E-state index in [-0.39, 0.29) is 18.3 Å². The predicted molar refractivity (Wildman–Crippen MR) is 70.0 cm³/mol. The van der Waals surface area contributed by atoms with Crippen LogP contribution in [0.4, 0.5) is 13.2 Å². The summed E-state index contributed by atoms with van der Waals surface area (Å²) in [5.41, 5.74) is -7.29. The minimum Gasteiger partial charge on any atom is -0.459 e. The Bertz CT molecular complexity index is 587. The van der Waals surface area contributed by atoms with E-state index in [9.17, 15) is 26.4 Å². The molecule has 9 heteroatoms. The summed E-state index contributed by atoms with van der Waals surface area (Å²) in [6, 6.07) is 0. The number of alkyl halides is 3. The Hall–Kier alpha value is -0.830. The Morgan fingerprint density at radius 3 is 2.18 bits per heavy atom. The molecule has 4 rings (SSSR count). The topological polar surface area (TPSA) is 72.5 Å². The lowest BCUT2D eigenvalue weighted by Gasteiger charge is -2.60. The van der Waals surface area contributed by atoms with Crippen LogP contribution in [0.3, 0.4) is 0 Å². The Kier molecular flexibility index (Phi) is 3.35. The van der Waals surface area contributed by atoms with Crippen molar-refractivity contribution >= 4 is 16.0 Å². The standard InChI is InChI=1S/C13H18F3NO4S/c1-8(18)21-12-5-9-2-10(6-12)4-11(3-9,7-12)17-22(19,20)13(14,15)16/h9-10,17H,2-7H2,1H3. The number of halogens is 3. The number of sulfonamides is 1. The molecular weight excluding hydrogens is 323 g/mol. The fourth-order valence-electron chi connectivity index (χ4n) is 5.07. The van der Waals surface area contributed by atoms with Crippen molar-refractivity contribution in [2.45, 2.75) is 62.1 Å². The van der Waals surface area contributed by atoms with Gasteiger partial charge in [-0.15, -0.1) is 0 Å². The van der Waals surface area contributed by atoms with Crippen molar-refractivity contribution in [3.05, 3.63) is 0 Å². The van der Waals surface area contributed by atoms with E-state index in [0.717, 1.165) is 6.42 Å². The first kappa shape index (κ1) is 16.0. The van der Waals surface area contributed by atoms with Gasteiger partial charge in [-0.25, -0.2) is 13.1 Å². The third-order valence-electron chi connectivity index (χ3n) is 5.02. The average molecular weight is 341 g/mol. The summed E-state index contributed by atoms with van der Waals surface area (Å²) >= 11 is 0. The molecule has 0 heterocycles. The maximum atomic E-state index is 12.7. The molecule has 0 aliphatic heterocycles. The van der Waals surface area contributed by atoms with Gasteiger partial charge in [0.05, 0.1) is 0 Å². The molecule has 5 nitrogen and oxygen atoms in total. The molecule has 4 saturated carbocycles. The van der Waals surface area contributed by atoms with Gasteiger partial charge >= 0.3 is 21.5 Å². The van der Waals surface area contributed by atoms with Gasteiger partial charge in [-0.3, -0.25) is 4.79 Å². The highest BCUT2D eigenvalue weighted by Gasteiger charge is 2.62. The number of carbonyl (C=O) groups is 1. The van der Waals surface area contributed by atoms with Gasteiger partial charge in [0.1, 0.15) is 5.60 Å². The first-order chi connectivity index (χ1) is 9.94.